The van der Waals surface area contributed by atoms with Crippen molar-refractivity contribution in [3.63, 3.8) is 0 Å². The molecule has 0 aromatic heterocycles. The smallest absolute Gasteiger partial charge is 0.245 e. The number of aryl methyl sites for hydroxylation is 2. The molecule has 138 valence electrons. The van der Waals surface area contributed by atoms with Crippen molar-refractivity contribution in [1.82, 2.24) is 0 Å². The van der Waals surface area contributed by atoms with Crippen LogP contribution in [-0.4, -0.2) is 17.9 Å². The van der Waals surface area contributed by atoms with Gasteiger partial charge < -0.3 is 0 Å². The van der Waals surface area contributed by atoms with Gasteiger partial charge >= 0.3 is 0 Å². The molecule has 5 nitrogen and oxygen atoms in total. The van der Waals surface area contributed by atoms with Crippen LogP contribution < -0.4 is 9.80 Å². The van der Waals surface area contributed by atoms with Crippen molar-refractivity contribution in [2.24, 2.45) is 11.8 Å². The summed E-state index contributed by atoms with van der Waals surface area (Å²) in [4.78, 5) is 29.0. The topological polar surface area (TPSA) is 65.6 Å². The Kier molecular flexibility index (Phi) is 3.55. The lowest BCUT2D eigenvalue weighted by Gasteiger charge is -2.29. The van der Waals surface area contributed by atoms with Crippen LogP contribution in [0.5, 0.6) is 0 Å². The predicted molar refractivity (Wildman–Crippen MR) is 104 cm³/mol. The van der Waals surface area contributed by atoms with Crippen LogP contribution in [0.1, 0.15) is 28.3 Å². The Labute approximate surface area is 163 Å². The first-order valence-electron chi connectivity index (χ1n) is 9.51. The Hall–Kier alpha value is -3.23. The normalized spacial score (nSPS) is 30.0. The molecule has 0 aliphatic carbocycles. The molecule has 0 spiro atoms. The Bertz CT molecular complexity index is 1100. The molecule has 0 radical (unpaired) electrons. The second kappa shape index (κ2) is 5.88. The molecule has 2 fully saturated rings. The van der Waals surface area contributed by atoms with Gasteiger partial charge in [0.2, 0.25) is 11.8 Å². The zero-order valence-electron chi connectivity index (χ0n) is 15.7. The fourth-order valence-corrected chi connectivity index (χ4v) is 5.01. The molecule has 2 saturated heterocycles. The molecular weight excluding hydrogens is 350 g/mol. The Morgan fingerprint density at radius 1 is 1.00 bits per heavy atom. The number of nitrogens with one attached hydrogen (secondary N) is 1. The molecule has 3 aliphatic rings. The molecule has 3 heterocycles. The third-order valence-electron chi connectivity index (χ3n) is 6.51. The predicted octanol–water partition coefficient (Wildman–Crippen LogP) is 1.93. The van der Waals surface area contributed by atoms with E-state index in [0.29, 0.717) is 5.69 Å². The van der Waals surface area contributed by atoms with E-state index in [1.54, 1.807) is 0 Å². The molecule has 0 bridgehead atoms. The van der Waals surface area contributed by atoms with Crippen molar-refractivity contribution in [1.29, 1.82) is 5.26 Å². The Morgan fingerprint density at radius 3 is 2.50 bits per heavy atom. The SMILES string of the molecule is Cc1ccc(N2C(=O)[C@@H]3[C@H](C2=O)[C@@H]2c4ccccc4C=C[NH+]2[C@@H]3C#N)cc1C. The van der Waals surface area contributed by atoms with Crippen LogP contribution in [0, 0.1) is 37.0 Å². The first-order valence-corrected chi connectivity index (χ1v) is 9.51. The number of rotatable bonds is 1. The number of fused-ring (bicyclic) bond motifs is 5. The van der Waals surface area contributed by atoms with Crippen LogP contribution in [-0.2, 0) is 9.59 Å². The van der Waals surface area contributed by atoms with Crippen LogP contribution in [0.4, 0.5) is 5.69 Å². The van der Waals surface area contributed by atoms with Crippen molar-refractivity contribution in [2.75, 3.05) is 4.90 Å². The van der Waals surface area contributed by atoms with Gasteiger partial charge in [-0.05, 0) is 48.7 Å². The maximum absolute atomic E-state index is 13.5. The summed E-state index contributed by atoms with van der Waals surface area (Å²) in [6, 6.07) is 15.1. The molecule has 1 N–H and O–H groups in total. The summed E-state index contributed by atoms with van der Waals surface area (Å²) < 4.78 is 0. The van der Waals surface area contributed by atoms with E-state index in [0.717, 1.165) is 27.2 Å². The zero-order valence-corrected chi connectivity index (χ0v) is 15.7. The summed E-state index contributed by atoms with van der Waals surface area (Å²) in [5.41, 5.74) is 4.84. The largest absolute Gasteiger partial charge is 0.287 e. The average molecular weight is 370 g/mol. The maximum atomic E-state index is 13.5. The summed E-state index contributed by atoms with van der Waals surface area (Å²) in [6.45, 7) is 3.97. The van der Waals surface area contributed by atoms with Gasteiger partial charge in [0.15, 0.2) is 6.04 Å². The molecule has 1 unspecified atom stereocenters. The highest BCUT2D eigenvalue weighted by molar-refractivity contribution is 6.22. The van der Waals surface area contributed by atoms with Crippen LogP contribution >= 0.6 is 0 Å². The third-order valence-corrected chi connectivity index (χ3v) is 6.51. The summed E-state index contributed by atoms with van der Waals surface area (Å²) in [7, 11) is 0. The second-order valence-corrected chi connectivity index (χ2v) is 7.88. The zero-order chi connectivity index (χ0) is 19.6. The monoisotopic (exact) mass is 370 g/mol. The van der Waals surface area contributed by atoms with Crippen LogP contribution in [0.3, 0.4) is 0 Å². The van der Waals surface area contributed by atoms with E-state index in [4.69, 9.17) is 0 Å². The third kappa shape index (κ3) is 2.10. The van der Waals surface area contributed by atoms with Gasteiger partial charge in [0, 0.05) is 5.56 Å². The number of hydrogen-bond acceptors (Lipinski definition) is 3. The van der Waals surface area contributed by atoms with Crippen molar-refractivity contribution in [2.45, 2.75) is 25.9 Å². The molecule has 0 saturated carbocycles. The van der Waals surface area contributed by atoms with Crippen LogP contribution in [0.15, 0.2) is 48.7 Å². The minimum Gasteiger partial charge on any atom is -0.287 e. The van der Waals surface area contributed by atoms with Gasteiger partial charge in [0.05, 0.1) is 11.9 Å². The van der Waals surface area contributed by atoms with E-state index < -0.39 is 17.9 Å². The summed E-state index contributed by atoms with van der Waals surface area (Å²) in [5, 5.41) is 9.85. The first kappa shape index (κ1) is 16.9. The van der Waals surface area contributed by atoms with Crippen molar-refractivity contribution < 1.29 is 14.5 Å². The maximum Gasteiger partial charge on any atom is 0.245 e. The quantitative estimate of drug-likeness (QED) is 0.780. The number of hydrogen-bond donors (Lipinski definition) is 1. The number of carbonyl (C=O) groups is 2. The highest BCUT2D eigenvalue weighted by Crippen LogP contribution is 2.44. The van der Waals surface area contributed by atoms with Gasteiger partial charge in [-0.15, -0.1) is 0 Å². The molecule has 2 amide bonds. The Morgan fingerprint density at radius 2 is 1.75 bits per heavy atom. The van der Waals surface area contributed by atoms with E-state index in [1.165, 1.54) is 4.90 Å². The number of carbonyl (C=O) groups excluding carboxylic acids is 2. The van der Waals surface area contributed by atoms with E-state index in [-0.39, 0.29) is 17.9 Å². The molecule has 2 aromatic rings. The fourth-order valence-electron chi connectivity index (χ4n) is 5.01. The van der Waals surface area contributed by atoms with Gasteiger partial charge in [-0.2, -0.15) is 5.26 Å². The number of anilines is 1. The summed E-state index contributed by atoms with van der Waals surface area (Å²) in [6.07, 6.45) is 3.93. The number of amides is 2. The van der Waals surface area contributed by atoms with Gasteiger partial charge in [-0.1, -0.05) is 30.3 Å². The second-order valence-electron chi connectivity index (χ2n) is 7.88. The van der Waals surface area contributed by atoms with Gasteiger partial charge in [0.1, 0.15) is 23.9 Å². The summed E-state index contributed by atoms with van der Waals surface area (Å²) >= 11 is 0. The minimum atomic E-state index is -0.616. The minimum absolute atomic E-state index is 0.191. The standard InChI is InChI=1S/C23H19N3O2/c1-13-7-8-16(11-14(13)2)26-22(27)19-18(12-24)25-10-9-15-5-3-4-6-17(15)21(25)20(19)23(26)28/h3-11,18-21H,1-2H3/p+1/t18-,19+,20+,21+/m1/s1. The number of nitriles is 1. The first-order chi connectivity index (χ1) is 13.5. The molecule has 2 aromatic carbocycles. The highest BCUT2D eigenvalue weighted by Gasteiger charge is 2.66. The van der Waals surface area contributed by atoms with Crippen molar-refractivity contribution in [3.8, 4) is 6.07 Å². The van der Waals surface area contributed by atoms with Crippen LogP contribution in [0.25, 0.3) is 6.08 Å². The van der Waals surface area contributed by atoms with Crippen LogP contribution in [0.2, 0.25) is 0 Å². The molecule has 5 atom stereocenters. The molecule has 5 heteroatoms. The molecule has 5 rings (SSSR count). The van der Waals surface area contributed by atoms with E-state index in [2.05, 4.69) is 6.07 Å². The lowest BCUT2D eigenvalue weighted by Crippen LogP contribution is -3.10. The summed E-state index contributed by atoms with van der Waals surface area (Å²) in [5.74, 6) is -1.57. The highest BCUT2D eigenvalue weighted by atomic mass is 16.2. The average Bonchev–Trinajstić information content (AvgIpc) is 3.17. The number of quaternary nitrogens is 1. The van der Waals surface area contributed by atoms with Crippen molar-refractivity contribution >= 4 is 23.6 Å². The van der Waals surface area contributed by atoms with Gasteiger partial charge in [-0.3, -0.25) is 14.5 Å². The lowest BCUT2D eigenvalue weighted by atomic mass is 9.85. The number of benzene rings is 2. The molecule has 3 aliphatic heterocycles. The number of imide groups is 1. The fraction of sp³-hybridized carbons (Fsp3) is 0.261. The Balaban J connectivity index is 1.63. The molecular formula is C23H20N3O2+. The van der Waals surface area contributed by atoms with E-state index in [1.807, 2.05) is 68.6 Å². The van der Waals surface area contributed by atoms with Gasteiger partial charge in [-0.25, -0.2) is 4.90 Å². The van der Waals surface area contributed by atoms with E-state index in [9.17, 15) is 14.9 Å². The lowest BCUT2D eigenvalue weighted by molar-refractivity contribution is -0.885. The van der Waals surface area contributed by atoms with E-state index >= 15 is 0 Å². The molecule has 28 heavy (non-hydrogen) atoms. The van der Waals surface area contributed by atoms with Crippen molar-refractivity contribution in [3.05, 3.63) is 70.9 Å². The number of nitrogens with zero attached hydrogens (tertiary/aromatic N) is 2. The van der Waals surface area contributed by atoms with Gasteiger partial charge in [0.25, 0.3) is 0 Å².